The summed E-state index contributed by atoms with van der Waals surface area (Å²) in [6, 6.07) is 5.78. The Morgan fingerprint density at radius 1 is 0.913 bits per heavy atom. The van der Waals surface area contributed by atoms with Gasteiger partial charge in [0.2, 0.25) is 0 Å². The summed E-state index contributed by atoms with van der Waals surface area (Å²) in [5.74, 6) is 0.141. The second kappa shape index (κ2) is 9.33. The second-order valence-electron chi connectivity index (χ2n) is 6.73. The highest BCUT2D eigenvalue weighted by molar-refractivity contribution is 5.70. The molecule has 0 heterocycles. The van der Waals surface area contributed by atoms with Crippen LogP contribution in [0.25, 0.3) is 0 Å². The topological polar surface area (TPSA) is 52.6 Å². The molecule has 1 rings (SSSR count). The molecule has 0 fully saturated rings. The van der Waals surface area contributed by atoms with Gasteiger partial charge in [-0.05, 0) is 35.4 Å². The summed E-state index contributed by atoms with van der Waals surface area (Å²) in [6.07, 6.45) is 0.815. The first-order chi connectivity index (χ1) is 10.8. The van der Waals surface area contributed by atoms with Crippen LogP contribution in [0.5, 0.6) is 0 Å². The largest absolute Gasteiger partial charge is 0.461 e. The molecule has 0 aromatic heterocycles. The minimum Gasteiger partial charge on any atom is -0.461 e. The zero-order valence-electron chi connectivity index (χ0n) is 14.8. The minimum atomic E-state index is -0.204. The van der Waals surface area contributed by atoms with E-state index in [2.05, 4.69) is 0 Å². The number of ether oxygens (including phenoxy) is 2. The molecule has 0 unspecified atom stereocenters. The molecule has 0 bridgehead atoms. The highest BCUT2D eigenvalue weighted by atomic mass is 16.5. The van der Waals surface area contributed by atoms with E-state index in [0.29, 0.717) is 12.8 Å². The number of hydrogen-bond acceptors (Lipinski definition) is 4. The molecule has 23 heavy (non-hydrogen) atoms. The molecule has 0 radical (unpaired) electrons. The van der Waals surface area contributed by atoms with E-state index in [4.69, 9.17) is 9.47 Å². The second-order valence-corrected chi connectivity index (χ2v) is 6.73. The Balaban J connectivity index is 2.68. The summed E-state index contributed by atoms with van der Waals surface area (Å²) >= 11 is 0. The van der Waals surface area contributed by atoms with Gasteiger partial charge >= 0.3 is 11.9 Å². The van der Waals surface area contributed by atoms with E-state index in [1.807, 2.05) is 52.8 Å². The van der Waals surface area contributed by atoms with Crippen LogP contribution in [0.1, 0.15) is 57.2 Å². The summed E-state index contributed by atoms with van der Waals surface area (Å²) in [5, 5.41) is 0. The number of aryl methyl sites for hydroxylation is 1. The minimum absolute atomic E-state index is 0.203. The Kier molecular flexibility index (Phi) is 7.79. The normalized spacial score (nSPS) is 10.9. The zero-order valence-corrected chi connectivity index (χ0v) is 14.8. The van der Waals surface area contributed by atoms with Crippen molar-refractivity contribution < 1.29 is 19.1 Å². The van der Waals surface area contributed by atoms with Crippen molar-refractivity contribution in [1.82, 2.24) is 0 Å². The molecule has 0 saturated carbocycles. The van der Waals surface area contributed by atoms with Crippen molar-refractivity contribution >= 4 is 11.9 Å². The van der Waals surface area contributed by atoms with Crippen molar-refractivity contribution in [2.75, 3.05) is 0 Å². The summed E-state index contributed by atoms with van der Waals surface area (Å²) in [5.41, 5.74) is 2.83. The molecule has 128 valence electrons. The molecule has 0 N–H and O–H groups in total. The lowest BCUT2D eigenvalue weighted by Crippen LogP contribution is -2.12. The number of carbonyl (C=O) groups is 2. The van der Waals surface area contributed by atoms with E-state index in [1.165, 1.54) is 0 Å². The van der Waals surface area contributed by atoms with Crippen LogP contribution in [0, 0.1) is 18.8 Å². The van der Waals surface area contributed by atoms with Gasteiger partial charge in [0.1, 0.15) is 13.2 Å². The lowest BCUT2D eigenvalue weighted by Gasteiger charge is -2.14. The van der Waals surface area contributed by atoms with Gasteiger partial charge in [-0.2, -0.15) is 0 Å². The molecular formula is C19H28O4. The van der Waals surface area contributed by atoms with E-state index in [0.717, 1.165) is 16.7 Å². The SMILES string of the molecule is Cc1cccc(COC(=O)CC(C)C)c1COC(=O)CC(C)C. The van der Waals surface area contributed by atoms with Gasteiger partial charge in [-0.3, -0.25) is 9.59 Å². The molecule has 4 nitrogen and oxygen atoms in total. The molecule has 0 saturated heterocycles. The Bertz CT molecular complexity index is 532. The zero-order chi connectivity index (χ0) is 17.4. The van der Waals surface area contributed by atoms with Gasteiger partial charge < -0.3 is 9.47 Å². The number of benzene rings is 1. The average Bonchev–Trinajstić information content (AvgIpc) is 2.42. The van der Waals surface area contributed by atoms with Gasteiger partial charge in [-0.15, -0.1) is 0 Å². The maximum Gasteiger partial charge on any atom is 0.306 e. The van der Waals surface area contributed by atoms with Crippen LogP contribution in [0.4, 0.5) is 0 Å². The van der Waals surface area contributed by atoms with E-state index in [-0.39, 0.29) is 37.0 Å². The quantitative estimate of drug-likeness (QED) is 0.674. The number of rotatable bonds is 8. The van der Waals surface area contributed by atoms with E-state index in [9.17, 15) is 9.59 Å². The summed E-state index contributed by atoms with van der Waals surface area (Å²) in [6.45, 7) is 10.3. The molecule has 1 aromatic carbocycles. The third-order valence-corrected chi connectivity index (χ3v) is 3.42. The predicted molar refractivity (Wildman–Crippen MR) is 89.7 cm³/mol. The van der Waals surface area contributed by atoms with E-state index >= 15 is 0 Å². The van der Waals surface area contributed by atoms with Gasteiger partial charge in [-0.25, -0.2) is 0 Å². The van der Waals surface area contributed by atoms with E-state index < -0.39 is 0 Å². The van der Waals surface area contributed by atoms with Crippen molar-refractivity contribution in [2.45, 2.75) is 60.7 Å². The fourth-order valence-corrected chi connectivity index (χ4v) is 2.20. The van der Waals surface area contributed by atoms with Crippen LogP contribution in [-0.4, -0.2) is 11.9 Å². The molecular weight excluding hydrogens is 292 g/mol. The van der Waals surface area contributed by atoms with E-state index in [1.54, 1.807) is 0 Å². The standard InChI is InChI=1S/C19H28O4/c1-13(2)9-18(20)22-11-16-8-6-7-15(5)17(16)12-23-19(21)10-14(3)4/h6-8,13-14H,9-12H2,1-5H3. The molecule has 0 aliphatic heterocycles. The van der Waals surface area contributed by atoms with Crippen LogP contribution >= 0.6 is 0 Å². The van der Waals surface area contributed by atoms with Crippen LogP contribution in [0.3, 0.4) is 0 Å². The maximum atomic E-state index is 11.7. The van der Waals surface area contributed by atoms with Gasteiger partial charge in [0.25, 0.3) is 0 Å². The van der Waals surface area contributed by atoms with Gasteiger partial charge in [0.15, 0.2) is 0 Å². The maximum absolute atomic E-state index is 11.7. The van der Waals surface area contributed by atoms with Crippen LogP contribution < -0.4 is 0 Å². The third-order valence-electron chi connectivity index (χ3n) is 3.42. The van der Waals surface area contributed by atoms with Gasteiger partial charge in [-0.1, -0.05) is 45.9 Å². The van der Waals surface area contributed by atoms with Crippen molar-refractivity contribution in [1.29, 1.82) is 0 Å². The Hall–Kier alpha value is -1.84. The highest BCUT2D eigenvalue weighted by Crippen LogP contribution is 2.18. The van der Waals surface area contributed by atoms with Crippen molar-refractivity contribution in [2.24, 2.45) is 11.8 Å². The molecule has 0 aliphatic carbocycles. The molecule has 1 aromatic rings. The van der Waals surface area contributed by atoms with Crippen LogP contribution in [0.15, 0.2) is 18.2 Å². The fourth-order valence-electron chi connectivity index (χ4n) is 2.20. The number of carbonyl (C=O) groups excluding carboxylic acids is 2. The lowest BCUT2D eigenvalue weighted by atomic mass is 10.0. The number of hydrogen-bond donors (Lipinski definition) is 0. The first kappa shape index (κ1) is 19.2. The molecule has 0 aliphatic rings. The third kappa shape index (κ3) is 7.31. The monoisotopic (exact) mass is 320 g/mol. The van der Waals surface area contributed by atoms with Crippen LogP contribution in [-0.2, 0) is 32.3 Å². The molecule has 0 spiro atoms. The van der Waals surface area contributed by atoms with Gasteiger partial charge in [0, 0.05) is 12.8 Å². The van der Waals surface area contributed by atoms with Gasteiger partial charge in [0.05, 0.1) is 0 Å². The molecule has 0 amide bonds. The number of esters is 2. The summed E-state index contributed by atoms with van der Waals surface area (Å²) in [4.78, 5) is 23.4. The molecule has 4 heteroatoms. The van der Waals surface area contributed by atoms with Crippen LogP contribution in [0.2, 0.25) is 0 Å². The average molecular weight is 320 g/mol. The Morgan fingerprint density at radius 3 is 1.96 bits per heavy atom. The smallest absolute Gasteiger partial charge is 0.306 e. The first-order valence-electron chi connectivity index (χ1n) is 8.18. The summed E-state index contributed by atoms with van der Waals surface area (Å²) in [7, 11) is 0. The van der Waals surface area contributed by atoms with Crippen molar-refractivity contribution in [3.8, 4) is 0 Å². The fraction of sp³-hybridized carbons (Fsp3) is 0.579. The predicted octanol–water partition coefficient (Wildman–Crippen LogP) is 4.17. The highest BCUT2D eigenvalue weighted by Gasteiger charge is 2.13. The van der Waals surface area contributed by atoms with Crippen molar-refractivity contribution in [3.05, 3.63) is 34.9 Å². The Labute approximate surface area is 139 Å². The molecule has 0 atom stereocenters. The summed E-state index contributed by atoms with van der Waals surface area (Å²) < 4.78 is 10.7. The lowest BCUT2D eigenvalue weighted by molar-refractivity contribution is -0.147. The Morgan fingerprint density at radius 2 is 1.43 bits per heavy atom. The van der Waals surface area contributed by atoms with Crippen molar-refractivity contribution in [3.63, 3.8) is 0 Å². The first-order valence-corrected chi connectivity index (χ1v) is 8.18.